The van der Waals surface area contributed by atoms with Crippen molar-refractivity contribution in [3.05, 3.63) is 71.8 Å². The fourth-order valence-electron chi connectivity index (χ4n) is 6.53. The zero-order valence-corrected chi connectivity index (χ0v) is 19.4. The lowest BCUT2D eigenvalue weighted by atomic mass is 9.77. The molecule has 2 spiro atoms. The molecule has 2 aromatic carbocycles. The Balaban J connectivity index is 1.29. The summed E-state index contributed by atoms with van der Waals surface area (Å²) in [5.74, 6) is 1.62. The summed E-state index contributed by atoms with van der Waals surface area (Å²) in [4.78, 5) is 10.3. The molecule has 0 amide bonds. The molecule has 0 aromatic heterocycles. The standard InChI is InChI=1S/C29H34N2O2/c1-5-13-22(14-6-1)26-28(17-9-3-10-18-28)32-24(30-26)21-25-31-27(23-15-7-2-8-16-23)29(33-25)19-11-4-12-20-29/h1-2,5-8,13-16,26-27H,3-4,9-12,17-21H2/t26-,27-/m1/s1. The number of hydrogen-bond donors (Lipinski definition) is 0. The first-order chi connectivity index (χ1) is 16.3. The third-order valence-corrected chi connectivity index (χ3v) is 8.12. The van der Waals surface area contributed by atoms with Crippen LogP contribution in [0.2, 0.25) is 0 Å². The second-order valence-corrected chi connectivity index (χ2v) is 10.3. The molecule has 2 aliphatic carbocycles. The summed E-state index contributed by atoms with van der Waals surface area (Å²) in [5, 5.41) is 0. The van der Waals surface area contributed by atoms with Crippen LogP contribution in [0.25, 0.3) is 0 Å². The fraction of sp³-hybridized carbons (Fsp3) is 0.517. The summed E-state index contributed by atoms with van der Waals surface area (Å²) in [6.07, 6.45) is 12.3. The molecule has 4 aliphatic rings. The smallest absolute Gasteiger partial charge is 0.194 e. The van der Waals surface area contributed by atoms with E-state index in [4.69, 9.17) is 19.5 Å². The summed E-state index contributed by atoms with van der Waals surface area (Å²) in [5.41, 5.74) is 2.12. The lowest BCUT2D eigenvalue weighted by Crippen LogP contribution is -2.39. The molecule has 33 heavy (non-hydrogen) atoms. The van der Waals surface area contributed by atoms with Crippen LogP contribution in [-0.2, 0) is 9.47 Å². The predicted molar refractivity (Wildman–Crippen MR) is 132 cm³/mol. The van der Waals surface area contributed by atoms with Crippen LogP contribution in [0.5, 0.6) is 0 Å². The highest BCUT2D eigenvalue weighted by molar-refractivity contribution is 5.99. The minimum absolute atomic E-state index is 0.0737. The van der Waals surface area contributed by atoms with Gasteiger partial charge in [-0.1, -0.05) is 73.5 Å². The van der Waals surface area contributed by atoms with E-state index in [1.165, 1.54) is 49.7 Å². The van der Waals surface area contributed by atoms with Gasteiger partial charge in [-0.2, -0.15) is 0 Å². The maximum Gasteiger partial charge on any atom is 0.194 e. The van der Waals surface area contributed by atoms with Crippen LogP contribution in [0.1, 0.15) is 93.8 Å². The molecule has 2 aliphatic heterocycles. The Morgan fingerprint density at radius 1 is 0.576 bits per heavy atom. The van der Waals surface area contributed by atoms with Gasteiger partial charge < -0.3 is 9.47 Å². The average molecular weight is 443 g/mol. The van der Waals surface area contributed by atoms with Gasteiger partial charge in [0.1, 0.15) is 23.3 Å². The lowest BCUT2D eigenvalue weighted by Gasteiger charge is -2.37. The molecule has 2 saturated carbocycles. The number of benzene rings is 2. The summed E-state index contributed by atoms with van der Waals surface area (Å²) in [6.45, 7) is 0. The zero-order valence-electron chi connectivity index (χ0n) is 19.4. The van der Waals surface area contributed by atoms with Gasteiger partial charge >= 0.3 is 0 Å². The second kappa shape index (κ2) is 8.62. The number of aliphatic imine (C=N–C) groups is 2. The average Bonchev–Trinajstić information content (AvgIpc) is 3.38. The molecule has 0 unspecified atom stereocenters. The number of nitrogens with zero attached hydrogens (tertiary/aromatic N) is 2. The SMILES string of the molecule is c1ccc([C@H]2N=C(CC3=N[C@H](c4ccccc4)C4(CCCCC4)O3)OC23CCCCC3)cc1. The Kier molecular flexibility index (Phi) is 5.48. The summed E-state index contributed by atoms with van der Waals surface area (Å²) < 4.78 is 13.4. The monoisotopic (exact) mass is 442 g/mol. The van der Waals surface area contributed by atoms with E-state index in [9.17, 15) is 0 Å². The molecular weight excluding hydrogens is 408 g/mol. The molecule has 2 atom stereocenters. The Morgan fingerprint density at radius 2 is 0.970 bits per heavy atom. The van der Waals surface area contributed by atoms with Crippen molar-refractivity contribution < 1.29 is 9.47 Å². The largest absolute Gasteiger partial charge is 0.471 e. The van der Waals surface area contributed by atoms with E-state index in [0.29, 0.717) is 6.42 Å². The number of ether oxygens (including phenoxy) is 2. The molecule has 4 nitrogen and oxygen atoms in total. The maximum atomic E-state index is 6.72. The minimum Gasteiger partial charge on any atom is -0.471 e. The number of hydrogen-bond acceptors (Lipinski definition) is 4. The van der Waals surface area contributed by atoms with Crippen molar-refractivity contribution in [3.63, 3.8) is 0 Å². The fourth-order valence-corrected chi connectivity index (χ4v) is 6.53. The van der Waals surface area contributed by atoms with Crippen LogP contribution in [0, 0.1) is 0 Å². The van der Waals surface area contributed by atoms with Gasteiger partial charge in [0.05, 0.1) is 6.42 Å². The third kappa shape index (κ3) is 3.88. The van der Waals surface area contributed by atoms with Crippen molar-refractivity contribution >= 4 is 11.8 Å². The van der Waals surface area contributed by atoms with E-state index < -0.39 is 0 Å². The quantitative estimate of drug-likeness (QED) is 0.506. The van der Waals surface area contributed by atoms with Crippen LogP contribution in [0.4, 0.5) is 0 Å². The minimum atomic E-state index is -0.199. The first-order valence-electron chi connectivity index (χ1n) is 12.9. The van der Waals surface area contributed by atoms with E-state index in [1.54, 1.807) is 0 Å². The molecule has 172 valence electrons. The Labute approximate surface area is 197 Å². The molecule has 2 heterocycles. The van der Waals surface area contributed by atoms with Crippen LogP contribution in [0.15, 0.2) is 70.6 Å². The predicted octanol–water partition coefficient (Wildman–Crippen LogP) is 7.12. The topological polar surface area (TPSA) is 43.2 Å². The van der Waals surface area contributed by atoms with Crippen molar-refractivity contribution in [1.82, 2.24) is 0 Å². The molecule has 0 saturated heterocycles. The first-order valence-corrected chi connectivity index (χ1v) is 12.9. The molecular formula is C29H34N2O2. The van der Waals surface area contributed by atoms with E-state index in [-0.39, 0.29) is 23.3 Å². The highest BCUT2D eigenvalue weighted by atomic mass is 16.5. The Bertz CT molecular complexity index is 935. The van der Waals surface area contributed by atoms with Crippen molar-refractivity contribution in [2.45, 2.75) is 93.9 Å². The summed E-state index contributed by atoms with van der Waals surface area (Å²) in [6, 6.07) is 21.5. The second-order valence-electron chi connectivity index (χ2n) is 10.3. The van der Waals surface area contributed by atoms with Crippen LogP contribution >= 0.6 is 0 Å². The van der Waals surface area contributed by atoms with Gasteiger partial charge in [-0.05, 0) is 62.5 Å². The highest BCUT2D eigenvalue weighted by Gasteiger charge is 2.51. The van der Waals surface area contributed by atoms with Gasteiger partial charge in [0.15, 0.2) is 11.8 Å². The van der Waals surface area contributed by atoms with Crippen molar-refractivity contribution in [1.29, 1.82) is 0 Å². The van der Waals surface area contributed by atoms with E-state index >= 15 is 0 Å². The third-order valence-electron chi connectivity index (χ3n) is 8.12. The molecule has 0 radical (unpaired) electrons. The van der Waals surface area contributed by atoms with Gasteiger partial charge in [0.2, 0.25) is 0 Å². The van der Waals surface area contributed by atoms with Gasteiger partial charge in [0, 0.05) is 0 Å². The molecule has 4 heteroatoms. The molecule has 6 rings (SSSR count). The van der Waals surface area contributed by atoms with Crippen LogP contribution < -0.4 is 0 Å². The van der Waals surface area contributed by atoms with Gasteiger partial charge in [-0.15, -0.1) is 0 Å². The molecule has 0 bridgehead atoms. The molecule has 2 aromatic rings. The normalized spacial score (nSPS) is 27.6. The summed E-state index contributed by atoms with van der Waals surface area (Å²) >= 11 is 0. The van der Waals surface area contributed by atoms with Crippen molar-refractivity contribution in [2.75, 3.05) is 0 Å². The first kappa shape index (κ1) is 20.9. The lowest BCUT2D eigenvalue weighted by molar-refractivity contribution is 0.0105. The Hall–Kier alpha value is -2.62. The van der Waals surface area contributed by atoms with Crippen LogP contribution in [-0.4, -0.2) is 23.0 Å². The Morgan fingerprint density at radius 3 is 1.36 bits per heavy atom. The van der Waals surface area contributed by atoms with Gasteiger partial charge in [-0.25, -0.2) is 9.98 Å². The number of rotatable bonds is 4. The van der Waals surface area contributed by atoms with Gasteiger partial charge in [-0.3, -0.25) is 0 Å². The van der Waals surface area contributed by atoms with Crippen LogP contribution in [0.3, 0.4) is 0 Å². The molecule has 2 fully saturated rings. The van der Waals surface area contributed by atoms with Crippen molar-refractivity contribution in [2.24, 2.45) is 9.98 Å². The van der Waals surface area contributed by atoms with E-state index in [2.05, 4.69) is 60.7 Å². The maximum absolute atomic E-state index is 6.72. The summed E-state index contributed by atoms with van der Waals surface area (Å²) in [7, 11) is 0. The van der Waals surface area contributed by atoms with Crippen molar-refractivity contribution in [3.8, 4) is 0 Å². The molecule has 0 N–H and O–H groups in total. The van der Waals surface area contributed by atoms with Gasteiger partial charge in [0.25, 0.3) is 0 Å². The zero-order chi connectivity index (χ0) is 22.1. The van der Waals surface area contributed by atoms with E-state index in [1.807, 2.05) is 0 Å². The van der Waals surface area contributed by atoms with E-state index in [0.717, 1.165) is 37.5 Å². The highest BCUT2D eigenvalue weighted by Crippen LogP contribution is 2.50.